The average molecular weight is 204 g/mol. The zero-order valence-electron chi connectivity index (χ0n) is 8.89. The summed E-state index contributed by atoms with van der Waals surface area (Å²) in [6.07, 6.45) is 0.986. The highest BCUT2D eigenvalue weighted by molar-refractivity contribution is 4.59. The maximum atomic E-state index is 8.27. The number of piperazine rings is 1. The van der Waals surface area contributed by atoms with Gasteiger partial charge in [0.2, 0.25) is 0 Å². The second-order valence-corrected chi connectivity index (χ2v) is 3.12. The molecular weight excluding hydrogens is 180 g/mol. The Morgan fingerprint density at radius 1 is 1.07 bits per heavy atom. The lowest BCUT2D eigenvalue weighted by atomic mass is 10.4. The van der Waals surface area contributed by atoms with Gasteiger partial charge in [-0.2, -0.15) is 0 Å². The summed E-state index contributed by atoms with van der Waals surface area (Å²) in [5, 5.41) is 17.7. The van der Waals surface area contributed by atoms with Crippen LogP contribution in [0, 0.1) is 0 Å². The number of hydrogen-bond donors (Lipinski definition) is 5. The first kappa shape index (κ1) is 13.8. The number of aliphatic hydroxyl groups is 1. The Morgan fingerprint density at radius 3 is 2.00 bits per heavy atom. The van der Waals surface area contributed by atoms with Gasteiger partial charge in [0.15, 0.2) is 0 Å². The van der Waals surface area contributed by atoms with E-state index in [2.05, 4.69) is 16.0 Å². The molecule has 0 amide bonds. The Balaban J connectivity index is 0.000000249. The molecule has 1 aliphatic rings. The smallest absolute Gasteiger partial charge is 0.0555 e. The topological polar surface area (TPSA) is 82.3 Å². The van der Waals surface area contributed by atoms with E-state index in [9.17, 15) is 0 Å². The summed E-state index contributed by atoms with van der Waals surface area (Å²) < 4.78 is 0. The molecule has 1 aliphatic heterocycles. The molecule has 1 heterocycles. The van der Waals surface area contributed by atoms with E-state index in [1.165, 1.54) is 0 Å². The van der Waals surface area contributed by atoms with E-state index >= 15 is 0 Å². The van der Waals surface area contributed by atoms with Crippen molar-refractivity contribution in [3.05, 3.63) is 0 Å². The summed E-state index contributed by atoms with van der Waals surface area (Å²) in [6, 6.07) is 0. The van der Waals surface area contributed by atoms with Crippen LogP contribution in [0.2, 0.25) is 0 Å². The third-order valence-electron chi connectivity index (χ3n) is 1.80. The van der Waals surface area contributed by atoms with Crippen LogP contribution in [0.3, 0.4) is 0 Å². The molecule has 5 nitrogen and oxygen atoms in total. The van der Waals surface area contributed by atoms with Crippen molar-refractivity contribution in [2.45, 2.75) is 6.42 Å². The molecular formula is C9H24N4O. The van der Waals surface area contributed by atoms with Gasteiger partial charge in [0.25, 0.3) is 0 Å². The Labute approximate surface area is 86.4 Å². The van der Waals surface area contributed by atoms with E-state index in [1.807, 2.05) is 0 Å². The van der Waals surface area contributed by atoms with Gasteiger partial charge < -0.3 is 26.8 Å². The van der Waals surface area contributed by atoms with E-state index in [1.54, 1.807) is 0 Å². The lowest BCUT2D eigenvalue weighted by Gasteiger charge is -2.11. The van der Waals surface area contributed by atoms with E-state index in [4.69, 9.17) is 10.8 Å². The number of nitrogens with one attached hydrogen (secondary N) is 3. The molecule has 0 saturated carbocycles. The SMILES string of the molecule is C1CNCCN1.NCCCNCCO. The summed E-state index contributed by atoms with van der Waals surface area (Å²) in [5.74, 6) is 0. The quantitative estimate of drug-likeness (QED) is 0.338. The molecule has 0 atom stereocenters. The molecule has 0 bridgehead atoms. The molecule has 0 aromatic heterocycles. The monoisotopic (exact) mass is 204 g/mol. The van der Waals surface area contributed by atoms with Crippen LogP contribution >= 0.6 is 0 Å². The van der Waals surface area contributed by atoms with Crippen molar-refractivity contribution in [3.63, 3.8) is 0 Å². The lowest BCUT2D eigenvalue weighted by molar-refractivity contribution is 0.292. The van der Waals surface area contributed by atoms with E-state index in [0.29, 0.717) is 6.54 Å². The van der Waals surface area contributed by atoms with Crippen LogP contribution in [-0.2, 0) is 0 Å². The van der Waals surface area contributed by atoms with Crippen molar-refractivity contribution < 1.29 is 5.11 Å². The second-order valence-electron chi connectivity index (χ2n) is 3.12. The van der Waals surface area contributed by atoms with Crippen LogP contribution in [-0.4, -0.2) is 57.5 Å². The van der Waals surface area contributed by atoms with Gasteiger partial charge in [0.05, 0.1) is 6.61 Å². The van der Waals surface area contributed by atoms with Crippen LogP contribution in [0.15, 0.2) is 0 Å². The van der Waals surface area contributed by atoms with Crippen molar-refractivity contribution in [1.82, 2.24) is 16.0 Å². The predicted molar refractivity (Wildman–Crippen MR) is 59.4 cm³/mol. The van der Waals surface area contributed by atoms with Crippen LogP contribution in [0.4, 0.5) is 0 Å². The first-order valence-corrected chi connectivity index (χ1v) is 5.35. The van der Waals surface area contributed by atoms with Crippen molar-refractivity contribution in [1.29, 1.82) is 0 Å². The molecule has 86 valence electrons. The van der Waals surface area contributed by atoms with Gasteiger partial charge in [0, 0.05) is 32.7 Å². The van der Waals surface area contributed by atoms with Crippen LogP contribution in [0.5, 0.6) is 0 Å². The largest absolute Gasteiger partial charge is 0.395 e. The Bertz CT molecular complexity index is 81.3. The number of rotatable bonds is 5. The first-order valence-electron chi connectivity index (χ1n) is 5.35. The first-order chi connectivity index (χ1) is 6.91. The lowest BCUT2D eigenvalue weighted by Crippen LogP contribution is -2.39. The van der Waals surface area contributed by atoms with Crippen molar-refractivity contribution >= 4 is 0 Å². The number of hydrogen-bond acceptors (Lipinski definition) is 5. The molecule has 1 saturated heterocycles. The second kappa shape index (κ2) is 12.8. The van der Waals surface area contributed by atoms with Gasteiger partial charge in [0.1, 0.15) is 0 Å². The van der Waals surface area contributed by atoms with Gasteiger partial charge in [-0.3, -0.25) is 0 Å². The van der Waals surface area contributed by atoms with Gasteiger partial charge in [-0.1, -0.05) is 0 Å². The van der Waals surface area contributed by atoms with Crippen LogP contribution in [0.1, 0.15) is 6.42 Å². The van der Waals surface area contributed by atoms with Gasteiger partial charge >= 0.3 is 0 Å². The zero-order chi connectivity index (χ0) is 10.5. The average Bonchev–Trinajstić information content (AvgIpc) is 2.28. The van der Waals surface area contributed by atoms with E-state index in [0.717, 1.165) is 45.7 Å². The highest BCUT2D eigenvalue weighted by Gasteiger charge is 1.91. The predicted octanol–water partition coefficient (Wildman–Crippen LogP) is -1.90. The van der Waals surface area contributed by atoms with Gasteiger partial charge in [-0.25, -0.2) is 0 Å². The highest BCUT2D eigenvalue weighted by atomic mass is 16.3. The van der Waals surface area contributed by atoms with Crippen molar-refractivity contribution in [3.8, 4) is 0 Å². The summed E-state index contributed by atoms with van der Waals surface area (Å²) in [7, 11) is 0. The minimum atomic E-state index is 0.213. The fraction of sp³-hybridized carbons (Fsp3) is 1.00. The Hall–Kier alpha value is -0.200. The summed E-state index contributed by atoms with van der Waals surface area (Å²) in [5.41, 5.74) is 5.21. The molecule has 1 fully saturated rings. The highest BCUT2D eigenvalue weighted by Crippen LogP contribution is 1.67. The molecule has 0 aliphatic carbocycles. The minimum Gasteiger partial charge on any atom is -0.395 e. The van der Waals surface area contributed by atoms with Crippen molar-refractivity contribution in [2.24, 2.45) is 5.73 Å². The maximum absolute atomic E-state index is 8.27. The molecule has 1 rings (SSSR count). The number of aliphatic hydroxyl groups excluding tert-OH is 1. The molecule has 6 N–H and O–H groups in total. The Kier molecular flexibility index (Phi) is 12.6. The fourth-order valence-electron chi connectivity index (χ4n) is 1.03. The van der Waals surface area contributed by atoms with Crippen molar-refractivity contribution in [2.75, 3.05) is 52.4 Å². The van der Waals surface area contributed by atoms with E-state index in [-0.39, 0.29) is 6.61 Å². The maximum Gasteiger partial charge on any atom is 0.0555 e. The fourth-order valence-corrected chi connectivity index (χ4v) is 1.03. The standard InChI is InChI=1S/C5H14N2O.C4H10N2/c6-2-1-3-7-4-5-8;1-2-6-4-3-5-1/h7-8H,1-6H2;5-6H,1-4H2. The molecule has 5 heteroatoms. The summed E-state index contributed by atoms with van der Waals surface area (Å²) >= 11 is 0. The van der Waals surface area contributed by atoms with Gasteiger partial charge in [-0.15, -0.1) is 0 Å². The Morgan fingerprint density at radius 2 is 1.64 bits per heavy atom. The molecule has 0 radical (unpaired) electrons. The number of nitrogens with two attached hydrogens (primary N) is 1. The molecule has 0 unspecified atom stereocenters. The van der Waals surface area contributed by atoms with Crippen LogP contribution < -0.4 is 21.7 Å². The minimum absolute atomic E-state index is 0.213. The third kappa shape index (κ3) is 11.8. The third-order valence-corrected chi connectivity index (χ3v) is 1.80. The normalized spacial score (nSPS) is 15.9. The van der Waals surface area contributed by atoms with E-state index < -0.39 is 0 Å². The molecule has 0 aromatic carbocycles. The molecule has 0 spiro atoms. The zero-order valence-corrected chi connectivity index (χ0v) is 8.89. The molecule has 14 heavy (non-hydrogen) atoms. The van der Waals surface area contributed by atoms with Crippen LogP contribution in [0.25, 0.3) is 0 Å². The van der Waals surface area contributed by atoms with Gasteiger partial charge in [-0.05, 0) is 19.5 Å². The molecule has 0 aromatic rings. The summed E-state index contributed by atoms with van der Waals surface area (Å²) in [6.45, 7) is 7.08. The summed E-state index contributed by atoms with van der Waals surface area (Å²) in [4.78, 5) is 0.